The van der Waals surface area contributed by atoms with E-state index in [0.29, 0.717) is 0 Å². The van der Waals surface area contributed by atoms with Gasteiger partial charge in [-0.05, 0) is 50.9 Å². The van der Waals surface area contributed by atoms with Crippen LogP contribution in [0.15, 0.2) is 0 Å². The van der Waals surface area contributed by atoms with Gasteiger partial charge in [-0.15, -0.1) is 0 Å². The predicted molar refractivity (Wildman–Crippen MR) is 45.5 cm³/mol. The molecule has 2 aliphatic carbocycles. The van der Waals surface area contributed by atoms with Gasteiger partial charge in [-0.1, -0.05) is 0 Å². The minimum absolute atomic E-state index is 0.216. The second-order valence-corrected chi connectivity index (χ2v) is 4.65. The first-order valence-corrected chi connectivity index (χ1v) is 4.73. The first kappa shape index (κ1) is 7.60. The molecular weight excluding hydrogens is 136 g/mol. The summed E-state index contributed by atoms with van der Waals surface area (Å²) in [6.07, 6.45) is 8.38. The van der Waals surface area contributed by atoms with Crippen LogP contribution in [0.2, 0.25) is 0 Å². The van der Waals surface area contributed by atoms with Crippen LogP contribution in [0.4, 0.5) is 0 Å². The summed E-state index contributed by atoms with van der Waals surface area (Å²) < 4.78 is 5.50. The van der Waals surface area contributed by atoms with Crippen LogP contribution in [0.3, 0.4) is 0 Å². The highest BCUT2D eigenvalue weighted by Crippen LogP contribution is 2.58. The summed E-state index contributed by atoms with van der Waals surface area (Å²) in [4.78, 5) is 0. The fourth-order valence-corrected chi connectivity index (χ4v) is 2.19. The van der Waals surface area contributed by atoms with Crippen LogP contribution in [-0.4, -0.2) is 12.7 Å². The van der Waals surface area contributed by atoms with Crippen molar-refractivity contribution in [1.82, 2.24) is 0 Å². The second-order valence-electron chi connectivity index (χ2n) is 4.65. The summed E-state index contributed by atoms with van der Waals surface area (Å²) in [5, 5.41) is 0. The highest BCUT2D eigenvalue weighted by atomic mass is 16.5. The molecule has 0 aromatic heterocycles. The fraction of sp³-hybridized carbons (Fsp3) is 1.00. The van der Waals surface area contributed by atoms with Gasteiger partial charge in [0.05, 0.1) is 5.60 Å². The van der Waals surface area contributed by atoms with Gasteiger partial charge in [0.25, 0.3) is 0 Å². The van der Waals surface area contributed by atoms with Crippen LogP contribution in [0, 0.1) is 5.41 Å². The quantitative estimate of drug-likeness (QED) is 0.564. The number of hydrogen-bond donors (Lipinski definition) is 0. The van der Waals surface area contributed by atoms with E-state index in [0.717, 1.165) is 5.41 Å². The van der Waals surface area contributed by atoms with E-state index >= 15 is 0 Å². The first-order valence-electron chi connectivity index (χ1n) is 4.73. The standard InChI is InChI=1S/C10H18O/c1-9(11-2)3-5-10(6-4-9)7-8-10/h3-8H2,1-2H3. The molecule has 0 bridgehead atoms. The number of hydrogen-bond acceptors (Lipinski definition) is 1. The summed E-state index contributed by atoms with van der Waals surface area (Å²) in [5.41, 5.74) is 1.02. The number of rotatable bonds is 1. The van der Waals surface area contributed by atoms with Crippen molar-refractivity contribution in [2.75, 3.05) is 7.11 Å². The summed E-state index contributed by atoms with van der Waals surface area (Å²) in [6.45, 7) is 2.25. The summed E-state index contributed by atoms with van der Waals surface area (Å²) in [5.74, 6) is 0. The molecule has 0 N–H and O–H groups in total. The summed E-state index contributed by atoms with van der Waals surface area (Å²) in [7, 11) is 1.85. The van der Waals surface area contributed by atoms with Crippen LogP contribution in [-0.2, 0) is 4.74 Å². The molecule has 0 aromatic rings. The average Bonchev–Trinajstić information content (AvgIpc) is 2.78. The lowest BCUT2D eigenvalue weighted by Gasteiger charge is -2.36. The van der Waals surface area contributed by atoms with E-state index in [1.807, 2.05) is 7.11 Å². The van der Waals surface area contributed by atoms with Crippen LogP contribution < -0.4 is 0 Å². The van der Waals surface area contributed by atoms with Crippen molar-refractivity contribution in [2.24, 2.45) is 5.41 Å². The SMILES string of the molecule is COC1(C)CCC2(CC2)CC1. The molecule has 0 unspecified atom stereocenters. The van der Waals surface area contributed by atoms with Gasteiger partial charge in [0, 0.05) is 7.11 Å². The Morgan fingerprint density at radius 1 is 0.909 bits per heavy atom. The molecule has 11 heavy (non-hydrogen) atoms. The lowest BCUT2D eigenvalue weighted by molar-refractivity contribution is -0.0372. The van der Waals surface area contributed by atoms with Crippen LogP contribution in [0.1, 0.15) is 45.4 Å². The fourth-order valence-electron chi connectivity index (χ4n) is 2.19. The molecule has 0 aliphatic heterocycles. The van der Waals surface area contributed by atoms with E-state index in [9.17, 15) is 0 Å². The smallest absolute Gasteiger partial charge is 0.0651 e. The predicted octanol–water partition coefficient (Wildman–Crippen LogP) is 2.75. The van der Waals surface area contributed by atoms with Crippen molar-refractivity contribution in [3.05, 3.63) is 0 Å². The molecule has 2 aliphatic rings. The van der Waals surface area contributed by atoms with Crippen molar-refractivity contribution in [2.45, 2.75) is 51.0 Å². The molecular formula is C10H18O. The molecule has 0 heterocycles. The van der Waals surface area contributed by atoms with Gasteiger partial charge >= 0.3 is 0 Å². The zero-order valence-electron chi connectivity index (χ0n) is 7.65. The molecule has 1 nitrogen and oxygen atoms in total. The largest absolute Gasteiger partial charge is 0.379 e. The zero-order chi connectivity index (χ0) is 7.95. The maximum atomic E-state index is 5.50. The van der Waals surface area contributed by atoms with E-state index in [-0.39, 0.29) is 5.60 Å². The topological polar surface area (TPSA) is 9.23 Å². The molecule has 2 fully saturated rings. The molecule has 2 rings (SSSR count). The Morgan fingerprint density at radius 3 is 1.73 bits per heavy atom. The molecule has 2 saturated carbocycles. The monoisotopic (exact) mass is 154 g/mol. The van der Waals surface area contributed by atoms with E-state index in [2.05, 4.69) is 6.92 Å². The van der Waals surface area contributed by atoms with Crippen molar-refractivity contribution in [3.8, 4) is 0 Å². The van der Waals surface area contributed by atoms with Crippen molar-refractivity contribution >= 4 is 0 Å². The van der Waals surface area contributed by atoms with E-state index in [4.69, 9.17) is 4.74 Å². The zero-order valence-corrected chi connectivity index (χ0v) is 7.65. The molecule has 0 aromatic carbocycles. The normalized spacial score (nSPS) is 32.2. The molecule has 0 radical (unpaired) electrons. The lowest BCUT2D eigenvalue weighted by Crippen LogP contribution is -2.33. The minimum atomic E-state index is 0.216. The van der Waals surface area contributed by atoms with Crippen molar-refractivity contribution in [3.63, 3.8) is 0 Å². The third-order valence-corrected chi connectivity index (χ3v) is 3.82. The van der Waals surface area contributed by atoms with Crippen LogP contribution >= 0.6 is 0 Å². The Labute approximate surface area is 69.1 Å². The van der Waals surface area contributed by atoms with Gasteiger partial charge in [0.15, 0.2) is 0 Å². The second kappa shape index (κ2) is 2.22. The minimum Gasteiger partial charge on any atom is -0.379 e. The third-order valence-electron chi connectivity index (χ3n) is 3.82. The lowest BCUT2D eigenvalue weighted by atomic mass is 9.78. The molecule has 0 atom stereocenters. The van der Waals surface area contributed by atoms with Gasteiger partial charge < -0.3 is 4.74 Å². The van der Waals surface area contributed by atoms with Gasteiger partial charge in [0.1, 0.15) is 0 Å². The molecule has 0 saturated heterocycles. The van der Waals surface area contributed by atoms with E-state index in [1.54, 1.807) is 0 Å². The molecule has 0 amide bonds. The Kier molecular flexibility index (Phi) is 1.54. The number of ether oxygens (including phenoxy) is 1. The van der Waals surface area contributed by atoms with Crippen molar-refractivity contribution in [1.29, 1.82) is 0 Å². The first-order chi connectivity index (χ1) is 5.18. The highest BCUT2D eigenvalue weighted by Gasteiger charge is 2.47. The van der Waals surface area contributed by atoms with Crippen molar-refractivity contribution < 1.29 is 4.74 Å². The van der Waals surface area contributed by atoms with Gasteiger partial charge in [-0.2, -0.15) is 0 Å². The van der Waals surface area contributed by atoms with Crippen LogP contribution in [0.5, 0.6) is 0 Å². The Balaban J connectivity index is 1.93. The average molecular weight is 154 g/mol. The summed E-state index contributed by atoms with van der Waals surface area (Å²) in [6, 6.07) is 0. The van der Waals surface area contributed by atoms with E-state index in [1.165, 1.54) is 38.5 Å². The maximum absolute atomic E-state index is 5.50. The molecule has 1 spiro atoms. The number of methoxy groups -OCH3 is 1. The maximum Gasteiger partial charge on any atom is 0.0651 e. The van der Waals surface area contributed by atoms with Gasteiger partial charge in [-0.25, -0.2) is 0 Å². The molecule has 1 heteroatoms. The van der Waals surface area contributed by atoms with Crippen LogP contribution in [0.25, 0.3) is 0 Å². The molecule has 64 valence electrons. The Hall–Kier alpha value is -0.0400. The Bertz CT molecular complexity index is 148. The summed E-state index contributed by atoms with van der Waals surface area (Å²) >= 11 is 0. The van der Waals surface area contributed by atoms with E-state index < -0.39 is 0 Å². The Morgan fingerprint density at radius 2 is 1.36 bits per heavy atom. The highest BCUT2D eigenvalue weighted by molar-refractivity contribution is 4.99. The third kappa shape index (κ3) is 1.31. The van der Waals surface area contributed by atoms with Gasteiger partial charge in [-0.3, -0.25) is 0 Å². The van der Waals surface area contributed by atoms with Gasteiger partial charge in [0.2, 0.25) is 0 Å².